The van der Waals surface area contributed by atoms with Gasteiger partial charge in [-0.25, -0.2) is 4.58 Å². The summed E-state index contributed by atoms with van der Waals surface area (Å²) in [7, 11) is 12.2. The molecule has 3 nitrogen and oxygen atoms in total. The second kappa shape index (κ2) is 20.4. The Kier molecular flexibility index (Phi) is 21.3. The second-order valence-electron chi connectivity index (χ2n) is 8.69. The van der Waals surface area contributed by atoms with E-state index in [1.165, 1.54) is 17.1 Å². The van der Waals surface area contributed by atoms with Crippen LogP contribution in [0.1, 0.15) is 11.1 Å². The van der Waals surface area contributed by atoms with Crippen LogP contribution >= 0.6 is 0 Å². The van der Waals surface area contributed by atoms with Crippen LogP contribution in [0.4, 0.5) is 11.4 Å². The molecule has 37 heavy (non-hydrogen) atoms. The van der Waals surface area contributed by atoms with E-state index in [2.05, 4.69) is 105 Å². The second-order valence-corrected chi connectivity index (χ2v) is 8.69. The van der Waals surface area contributed by atoms with Gasteiger partial charge >= 0.3 is 175 Å². The zero-order valence-corrected chi connectivity index (χ0v) is 38.8. The van der Waals surface area contributed by atoms with E-state index < -0.39 is 0 Å². The summed E-state index contributed by atoms with van der Waals surface area (Å²) in [5.41, 5.74) is 7.53. The number of hydrogen-bond acceptors (Lipinski definition) is 2. The Morgan fingerprint density at radius 1 is 0.649 bits per heavy atom. The van der Waals surface area contributed by atoms with Gasteiger partial charge in [0.1, 0.15) is 14.1 Å². The predicted octanol–water partition coefficient (Wildman–Crippen LogP) is -3.56. The van der Waals surface area contributed by atoms with Gasteiger partial charge in [0.2, 0.25) is 0 Å². The van der Waals surface area contributed by atoms with Crippen LogP contribution < -0.4 is 184 Å². The van der Waals surface area contributed by atoms with Crippen molar-refractivity contribution in [1.29, 1.82) is 0 Å². The van der Waals surface area contributed by atoms with Gasteiger partial charge in [-0.15, -0.1) is 95.1 Å². The normalized spacial score (nSPS) is 11.9. The smallest absolute Gasteiger partial charge is 0.379 e. The monoisotopic (exact) mass is 702 g/mol. The molecule has 2 aromatic carbocycles. The van der Waals surface area contributed by atoms with Crippen molar-refractivity contribution in [2.75, 3.05) is 52.1 Å². The summed E-state index contributed by atoms with van der Waals surface area (Å²) in [6.07, 6.45) is 24.5. The average Bonchev–Trinajstić information content (AvgIpc) is 2.84. The standard InChI is InChI=1S/C31H33N3.3Rb/c1-32(2)29-19-13-26(14-20-29)10-7-25(8-11-27-15-21-30(22-16-27)33(3)4)9-12-28-17-23-31(24-18-28)34(5)6;;;/h7-9,13-24H,1-6H3;;;/q-2;3*+1. The number of anilines is 2. The molecule has 0 amide bonds. The van der Waals surface area contributed by atoms with Gasteiger partial charge < -0.3 is 9.80 Å². The number of nitrogens with zero attached hydrogens (tertiary/aromatic N) is 3. The SMILES string of the molecule is CN(C)c1ccc([C-]=CC(C=[C-]c2ccc(N(C)C)cc2)=C[C-]=C2C=CC(=[N+](C)C)C=C2)cc1.[Rb+].[Rb+].[Rb+]. The predicted molar refractivity (Wildman–Crippen MR) is 146 cm³/mol. The fourth-order valence-corrected chi connectivity index (χ4v) is 3.19. The van der Waals surface area contributed by atoms with E-state index in [-0.39, 0.29) is 175 Å². The summed E-state index contributed by atoms with van der Waals surface area (Å²) >= 11 is 0. The zero-order chi connectivity index (χ0) is 24.5. The molecule has 0 radical (unpaired) electrons. The third-order valence-electron chi connectivity index (χ3n) is 5.37. The Balaban J connectivity index is 0.00000432. The molecule has 6 heteroatoms. The molecule has 174 valence electrons. The average molecular weight is 704 g/mol. The first-order chi connectivity index (χ1) is 16.3. The van der Waals surface area contributed by atoms with Crippen molar-refractivity contribution in [2.45, 2.75) is 0 Å². The summed E-state index contributed by atoms with van der Waals surface area (Å²) < 4.78 is 2.09. The van der Waals surface area contributed by atoms with Gasteiger partial charge in [0.05, 0.1) is 0 Å². The van der Waals surface area contributed by atoms with E-state index in [0.29, 0.717) is 0 Å². The van der Waals surface area contributed by atoms with Crippen molar-refractivity contribution in [3.63, 3.8) is 0 Å². The van der Waals surface area contributed by atoms with E-state index in [9.17, 15) is 0 Å². The first-order valence-electron chi connectivity index (χ1n) is 11.3. The summed E-state index contributed by atoms with van der Waals surface area (Å²) in [5, 5.41) is 0. The fourth-order valence-electron chi connectivity index (χ4n) is 3.19. The Bertz CT molecular complexity index is 1110. The minimum Gasteiger partial charge on any atom is -0.379 e. The maximum atomic E-state index is 3.40. The molecule has 0 saturated heterocycles. The van der Waals surface area contributed by atoms with Gasteiger partial charge in [0.15, 0.2) is 5.71 Å². The fraction of sp³-hybridized carbons (Fsp3) is 0.194. The van der Waals surface area contributed by atoms with Crippen LogP contribution in [-0.4, -0.2) is 52.6 Å². The minimum absolute atomic E-state index is 0. The molecule has 1 aliphatic rings. The van der Waals surface area contributed by atoms with Crippen LogP contribution in [-0.2, 0) is 0 Å². The first-order valence-corrected chi connectivity index (χ1v) is 11.3. The van der Waals surface area contributed by atoms with Crippen molar-refractivity contribution in [2.24, 2.45) is 0 Å². The van der Waals surface area contributed by atoms with Crippen LogP contribution in [0.25, 0.3) is 0 Å². The molecule has 3 rings (SSSR count). The molecule has 0 unspecified atom stereocenters. The number of rotatable bonds is 7. The van der Waals surface area contributed by atoms with E-state index in [1.54, 1.807) is 0 Å². The maximum Gasteiger partial charge on any atom is 1.00 e. The quantitative estimate of drug-likeness (QED) is 0.168. The molecule has 0 heterocycles. The number of hydrogen-bond donors (Lipinski definition) is 0. The molecule has 0 atom stereocenters. The van der Waals surface area contributed by atoms with Crippen molar-refractivity contribution < 1.29 is 179 Å². The molecule has 0 bridgehead atoms. The summed E-state index contributed by atoms with van der Waals surface area (Å²) in [4.78, 5) is 4.17. The van der Waals surface area contributed by atoms with Crippen LogP contribution in [0.2, 0.25) is 0 Å². The van der Waals surface area contributed by atoms with E-state index in [1.807, 2.05) is 60.5 Å². The molecule has 0 spiro atoms. The van der Waals surface area contributed by atoms with Gasteiger partial charge in [0.25, 0.3) is 0 Å². The summed E-state index contributed by atoms with van der Waals surface area (Å²) in [6, 6.07) is 16.7. The Hall–Kier alpha value is 1.57. The van der Waals surface area contributed by atoms with Crippen LogP contribution in [0.3, 0.4) is 0 Å². The third-order valence-corrected chi connectivity index (χ3v) is 5.37. The Morgan fingerprint density at radius 3 is 1.41 bits per heavy atom. The van der Waals surface area contributed by atoms with Gasteiger partial charge in [-0.3, -0.25) is 0 Å². The summed E-state index contributed by atoms with van der Waals surface area (Å²) in [5.74, 6) is 0. The van der Waals surface area contributed by atoms with Gasteiger partial charge in [0, 0.05) is 39.6 Å². The molecule has 0 aliphatic heterocycles. The van der Waals surface area contributed by atoms with Crippen LogP contribution in [0.5, 0.6) is 0 Å². The minimum atomic E-state index is 0. The molecule has 2 aromatic rings. The van der Waals surface area contributed by atoms with Crippen molar-refractivity contribution in [3.8, 4) is 0 Å². The Morgan fingerprint density at radius 2 is 1.05 bits per heavy atom. The van der Waals surface area contributed by atoms with Crippen molar-refractivity contribution in [1.82, 2.24) is 0 Å². The van der Waals surface area contributed by atoms with Crippen LogP contribution in [0, 0.1) is 18.2 Å². The summed E-state index contributed by atoms with van der Waals surface area (Å²) in [6.45, 7) is 0. The third kappa shape index (κ3) is 13.9. The van der Waals surface area contributed by atoms with Gasteiger partial charge in [-0.2, -0.15) is 0 Å². The molecule has 0 N–H and O–H groups in total. The zero-order valence-electron chi connectivity index (χ0n) is 24.0. The van der Waals surface area contributed by atoms with E-state index in [0.717, 1.165) is 22.3 Å². The van der Waals surface area contributed by atoms with Crippen LogP contribution in [0.15, 0.2) is 102 Å². The number of benzene rings is 2. The molecule has 1 aliphatic carbocycles. The van der Waals surface area contributed by atoms with Crippen molar-refractivity contribution in [3.05, 3.63) is 132 Å². The number of allylic oxidation sites excluding steroid dienone is 10. The van der Waals surface area contributed by atoms with E-state index >= 15 is 0 Å². The first kappa shape index (κ1) is 38.6. The van der Waals surface area contributed by atoms with Crippen molar-refractivity contribution >= 4 is 17.1 Å². The topological polar surface area (TPSA) is 9.49 Å². The largest absolute Gasteiger partial charge is 1.00 e. The molecule has 0 aromatic heterocycles. The molecular weight excluding hydrogens is 671 g/mol. The maximum absolute atomic E-state index is 3.40. The Labute approximate surface area is 371 Å². The molecule has 0 saturated carbocycles. The molecular formula is C31H33N3Rb3+. The van der Waals surface area contributed by atoms with E-state index in [4.69, 9.17) is 0 Å². The van der Waals surface area contributed by atoms with Gasteiger partial charge in [-0.1, -0.05) is 24.3 Å². The van der Waals surface area contributed by atoms with Gasteiger partial charge in [-0.05, 0) is 12.2 Å². The molecule has 0 fully saturated rings.